The van der Waals surface area contributed by atoms with Crippen molar-refractivity contribution in [3.8, 4) is 0 Å². The van der Waals surface area contributed by atoms with E-state index < -0.39 is 0 Å². The second-order valence-corrected chi connectivity index (χ2v) is 8.42. The molecule has 0 fully saturated rings. The van der Waals surface area contributed by atoms with E-state index in [-0.39, 0.29) is 15.9 Å². The number of thioether (sulfide) groups is 2. The molecule has 2 N–H and O–H groups in total. The summed E-state index contributed by atoms with van der Waals surface area (Å²) in [6, 6.07) is 0. The van der Waals surface area contributed by atoms with Crippen LogP contribution in [-0.2, 0) is 9.59 Å². The first-order valence-corrected chi connectivity index (χ1v) is 9.19. The first kappa shape index (κ1) is 19.6. The lowest BCUT2D eigenvalue weighted by atomic mass is 10.2. The number of hydrogen-bond donors (Lipinski definition) is 2. The first-order valence-electron chi connectivity index (χ1n) is 7.22. The zero-order valence-corrected chi connectivity index (χ0v) is 14.7. The van der Waals surface area contributed by atoms with E-state index in [0.29, 0.717) is 19.4 Å². The average Bonchev–Trinajstić information content (AvgIpc) is 2.39. The quantitative estimate of drug-likeness (QED) is 0.575. The third kappa shape index (κ3) is 9.53. The van der Waals surface area contributed by atoms with Crippen molar-refractivity contribution in [2.24, 2.45) is 0 Å². The molecule has 0 aliphatic rings. The van der Waals surface area contributed by atoms with Gasteiger partial charge < -0.3 is 10.6 Å². The maximum absolute atomic E-state index is 11.7. The highest BCUT2D eigenvalue weighted by Crippen LogP contribution is 2.40. The van der Waals surface area contributed by atoms with Gasteiger partial charge in [-0.25, -0.2) is 0 Å². The largest absolute Gasteiger partial charge is 0.359 e. The van der Waals surface area contributed by atoms with Gasteiger partial charge in [-0.1, -0.05) is 13.8 Å². The summed E-state index contributed by atoms with van der Waals surface area (Å²) in [5.74, 6) is 2.19. The molecule has 0 saturated heterocycles. The van der Waals surface area contributed by atoms with Gasteiger partial charge in [0.25, 0.3) is 0 Å². The Balaban J connectivity index is 3.85. The van der Waals surface area contributed by atoms with Gasteiger partial charge in [0.05, 0.1) is 4.08 Å². The monoisotopic (exact) mass is 320 g/mol. The van der Waals surface area contributed by atoms with Gasteiger partial charge >= 0.3 is 0 Å². The summed E-state index contributed by atoms with van der Waals surface area (Å²) in [7, 11) is 1.60. The third-order valence-electron chi connectivity index (χ3n) is 2.89. The summed E-state index contributed by atoms with van der Waals surface area (Å²) in [6.45, 7) is 7.03. The van der Waals surface area contributed by atoms with Crippen LogP contribution in [0.15, 0.2) is 0 Å². The first-order chi connectivity index (χ1) is 9.47. The van der Waals surface area contributed by atoms with E-state index in [1.54, 1.807) is 7.05 Å². The smallest absolute Gasteiger partial charge is 0.221 e. The van der Waals surface area contributed by atoms with E-state index in [0.717, 1.165) is 24.3 Å². The molecule has 118 valence electrons. The highest BCUT2D eigenvalue weighted by Gasteiger charge is 2.23. The van der Waals surface area contributed by atoms with E-state index in [9.17, 15) is 9.59 Å². The Morgan fingerprint density at radius 1 is 1.05 bits per heavy atom. The van der Waals surface area contributed by atoms with Gasteiger partial charge in [0.15, 0.2) is 0 Å². The highest BCUT2D eigenvalue weighted by atomic mass is 32.2. The minimum atomic E-state index is -0.0448. The summed E-state index contributed by atoms with van der Waals surface area (Å²) in [5.41, 5.74) is 0. The van der Waals surface area contributed by atoms with Crippen LogP contribution in [0.5, 0.6) is 0 Å². The molecule has 20 heavy (non-hydrogen) atoms. The van der Waals surface area contributed by atoms with Crippen molar-refractivity contribution in [3.05, 3.63) is 0 Å². The Bertz CT molecular complexity index is 293. The lowest BCUT2D eigenvalue weighted by Crippen LogP contribution is -2.29. The van der Waals surface area contributed by atoms with Gasteiger partial charge in [-0.3, -0.25) is 9.59 Å². The van der Waals surface area contributed by atoms with Crippen molar-refractivity contribution in [2.75, 3.05) is 25.1 Å². The number of rotatable bonds is 11. The SMILES string of the molecule is CCSC(C)(CCCC(=O)NCCC(=O)NC)SCC. The van der Waals surface area contributed by atoms with Crippen molar-refractivity contribution < 1.29 is 9.59 Å². The van der Waals surface area contributed by atoms with Crippen LogP contribution in [0.1, 0.15) is 46.5 Å². The molecule has 0 unspecified atom stereocenters. The third-order valence-corrected chi connectivity index (χ3v) is 5.80. The summed E-state index contributed by atoms with van der Waals surface area (Å²) in [6.07, 6.45) is 2.81. The fraction of sp³-hybridized carbons (Fsp3) is 0.857. The van der Waals surface area contributed by atoms with Crippen molar-refractivity contribution in [3.63, 3.8) is 0 Å². The fourth-order valence-corrected chi connectivity index (χ4v) is 4.73. The molecule has 0 heterocycles. The average molecular weight is 321 g/mol. The second kappa shape index (κ2) is 11.3. The van der Waals surface area contributed by atoms with E-state index in [4.69, 9.17) is 0 Å². The molecule has 2 amide bonds. The number of amides is 2. The normalized spacial score (nSPS) is 11.2. The molecule has 0 rings (SSSR count). The number of carbonyl (C=O) groups excluding carboxylic acids is 2. The van der Waals surface area contributed by atoms with Crippen LogP contribution in [-0.4, -0.2) is 41.0 Å². The van der Waals surface area contributed by atoms with Gasteiger partial charge in [0.1, 0.15) is 0 Å². The minimum absolute atomic E-state index is 0.0410. The molecule has 0 aliphatic heterocycles. The van der Waals surface area contributed by atoms with Gasteiger partial charge in [0, 0.05) is 26.4 Å². The van der Waals surface area contributed by atoms with Crippen LogP contribution in [0.3, 0.4) is 0 Å². The van der Waals surface area contributed by atoms with E-state index >= 15 is 0 Å². The number of carbonyl (C=O) groups is 2. The van der Waals surface area contributed by atoms with Gasteiger partial charge in [-0.2, -0.15) is 0 Å². The zero-order valence-electron chi connectivity index (χ0n) is 13.1. The molecule has 0 atom stereocenters. The Kier molecular flexibility index (Phi) is 11.1. The molecule has 0 radical (unpaired) electrons. The molecule has 0 saturated carbocycles. The van der Waals surface area contributed by atoms with Crippen molar-refractivity contribution >= 4 is 35.3 Å². The molecule has 0 aromatic heterocycles. The molecule has 0 aromatic rings. The Morgan fingerprint density at radius 2 is 1.65 bits per heavy atom. The molecule has 0 aliphatic carbocycles. The van der Waals surface area contributed by atoms with Gasteiger partial charge in [-0.15, -0.1) is 23.5 Å². The fourth-order valence-electron chi connectivity index (χ4n) is 1.90. The maximum Gasteiger partial charge on any atom is 0.221 e. The van der Waals surface area contributed by atoms with E-state index in [2.05, 4.69) is 31.4 Å². The minimum Gasteiger partial charge on any atom is -0.359 e. The maximum atomic E-state index is 11.7. The molecule has 0 aromatic carbocycles. The summed E-state index contributed by atoms with van der Waals surface area (Å²) >= 11 is 3.92. The molecule has 4 nitrogen and oxygen atoms in total. The van der Waals surface area contributed by atoms with Crippen LogP contribution < -0.4 is 10.6 Å². The zero-order chi connectivity index (χ0) is 15.4. The highest BCUT2D eigenvalue weighted by molar-refractivity contribution is 8.18. The number of hydrogen-bond acceptors (Lipinski definition) is 4. The van der Waals surface area contributed by atoms with Crippen LogP contribution in [0, 0.1) is 0 Å². The van der Waals surface area contributed by atoms with Gasteiger partial charge in [0.2, 0.25) is 11.8 Å². The predicted octanol–water partition coefficient (Wildman–Crippen LogP) is 2.63. The second-order valence-electron chi connectivity index (χ2n) is 4.63. The summed E-state index contributed by atoms with van der Waals surface area (Å²) in [5, 5.41) is 5.32. The standard InChI is InChI=1S/C14H28N2O2S2/c1-5-19-14(3,20-6-2)10-7-8-13(18)16-11-9-12(17)15-4/h5-11H2,1-4H3,(H,15,17)(H,16,18). The van der Waals surface area contributed by atoms with Crippen LogP contribution in [0.25, 0.3) is 0 Å². The molecule has 0 spiro atoms. The van der Waals surface area contributed by atoms with Crippen LogP contribution in [0.2, 0.25) is 0 Å². The number of nitrogens with one attached hydrogen (secondary N) is 2. The molecule has 0 bridgehead atoms. The van der Waals surface area contributed by atoms with Crippen molar-refractivity contribution in [2.45, 2.75) is 50.5 Å². The topological polar surface area (TPSA) is 58.2 Å². The lowest BCUT2D eigenvalue weighted by molar-refractivity contribution is -0.122. The Hall–Kier alpha value is -0.360. The molecular weight excluding hydrogens is 292 g/mol. The Morgan fingerprint density at radius 3 is 2.15 bits per heavy atom. The van der Waals surface area contributed by atoms with Crippen LogP contribution >= 0.6 is 23.5 Å². The summed E-state index contributed by atoms with van der Waals surface area (Å²) < 4.78 is 0.214. The molecular formula is C14H28N2O2S2. The van der Waals surface area contributed by atoms with Crippen molar-refractivity contribution in [1.29, 1.82) is 0 Å². The van der Waals surface area contributed by atoms with Crippen LogP contribution in [0.4, 0.5) is 0 Å². The van der Waals surface area contributed by atoms with Gasteiger partial charge in [-0.05, 0) is 31.3 Å². The predicted molar refractivity (Wildman–Crippen MR) is 90.2 cm³/mol. The molecule has 6 heteroatoms. The Labute approximate surface area is 131 Å². The van der Waals surface area contributed by atoms with E-state index in [1.807, 2.05) is 23.5 Å². The van der Waals surface area contributed by atoms with Crippen molar-refractivity contribution in [1.82, 2.24) is 10.6 Å². The lowest BCUT2D eigenvalue weighted by Gasteiger charge is -2.27. The summed E-state index contributed by atoms with van der Waals surface area (Å²) in [4.78, 5) is 22.7. The van der Waals surface area contributed by atoms with E-state index in [1.165, 1.54) is 0 Å².